The van der Waals surface area contributed by atoms with E-state index in [4.69, 9.17) is 10.5 Å². The van der Waals surface area contributed by atoms with Gasteiger partial charge in [0.25, 0.3) is 0 Å². The van der Waals surface area contributed by atoms with Crippen molar-refractivity contribution in [1.29, 1.82) is 0 Å². The molecule has 0 heterocycles. The van der Waals surface area contributed by atoms with E-state index in [-0.39, 0.29) is 30.1 Å². The van der Waals surface area contributed by atoms with Crippen LogP contribution in [0.2, 0.25) is 0 Å². The van der Waals surface area contributed by atoms with E-state index < -0.39 is 11.6 Å². The highest BCUT2D eigenvalue weighted by molar-refractivity contribution is 5.81. The maximum atomic E-state index is 12.7. The Morgan fingerprint density at radius 2 is 1.78 bits per heavy atom. The van der Waals surface area contributed by atoms with Crippen LogP contribution in [-0.4, -0.2) is 46.7 Å². The van der Waals surface area contributed by atoms with Crippen LogP contribution in [0.15, 0.2) is 0 Å². The van der Waals surface area contributed by atoms with Gasteiger partial charge in [-0.1, -0.05) is 12.8 Å². The van der Waals surface area contributed by atoms with E-state index in [0.717, 1.165) is 38.5 Å². The number of carbonyl (C=O) groups excluding carboxylic acids is 2. The van der Waals surface area contributed by atoms with Gasteiger partial charge in [0.15, 0.2) is 0 Å². The lowest BCUT2D eigenvalue weighted by Gasteiger charge is -2.41. The zero-order valence-corrected chi connectivity index (χ0v) is 14.8. The van der Waals surface area contributed by atoms with Crippen molar-refractivity contribution in [3.63, 3.8) is 0 Å². The van der Waals surface area contributed by atoms with Crippen molar-refractivity contribution in [2.75, 3.05) is 0 Å². The molecule has 132 valence electrons. The quantitative estimate of drug-likeness (QED) is 0.829. The third-order valence-corrected chi connectivity index (χ3v) is 4.37. The van der Waals surface area contributed by atoms with Gasteiger partial charge in [-0.2, -0.15) is 0 Å². The number of hydrogen-bond acceptors (Lipinski definition) is 4. The molecule has 0 aromatic heterocycles. The summed E-state index contributed by atoms with van der Waals surface area (Å²) in [5.74, 6) is -0.151. The Labute approximate surface area is 139 Å². The van der Waals surface area contributed by atoms with Gasteiger partial charge in [0.2, 0.25) is 5.91 Å². The van der Waals surface area contributed by atoms with E-state index in [1.54, 1.807) is 6.92 Å². The second kappa shape index (κ2) is 7.07. The summed E-state index contributed by atoms with van der Waals surface area (Å²) in [6.45, 7) is 7.32. The van der Waals surface area contributed by atoms with Gasteiger partial charge in [0.05, 0.1) is 12.1 Å². The van der Waals surface area contributed by atoms with Gasteiger partial charge < -0.3 is 20.7 Å². The molecule has 0 bridgehead atoms. The first-order valence-corrected chi connectivity index (χ1v) is 8.76. The highest BCUT2D eigenvalue weighted by Crippen LogP contribution is 2.35. The van der Waals surface area contributed by atoms with Gasteiger partial charge in [-0.3, -0.25) is 4.79 Å². The van der Waals surface area contributed by atoms with Gasteiger partial charge in [0, 0.05) is 12.1 Å². The third kappa shape index (κ3) is 5.09. The number of hydrogen-bond donors (Lipinski definition) is 2. The summed E-state index contributed by atoms with van der Waals surface area (Å²) in [5.41, 5.74) is 5.16. The van der Waals surface area contributed by atoms with Gasteiger partial charge in [-0.15, -0.1) is 0 Å². The Hall–Kier alpha value is -1.30. The summed E-state index contributed by atoms with van der Waals surface area (Å²) in [4.78, 5) is 26.5. The van der Waals surface area contributed by atoms with Crippen molar-refractivity contribution in [3.8, 4) is 0 Å². The van der Waals surface area contributed by atoms with Gasteiger partial charge >= 0.3 is 6.09 Å². The Balaban J connectivity index is 2.11. The standard InChI is InChI=1S/C17H31N3O3/c1-11(18)15(21)19-13-7-5-6-8-14(13)20(12-9-10-12)16(22)23-17(2,3)4/h11-14H,5-10,18H2,1-4H3,(H,19,21)/t11-,13+,14+/m0/s1. The summed E-state index contributed by atoms with van der Waals surface area (Å²) in [5, 5.41) is 3.04. The lowest BCUT2D eigenvalue weighted by atomic mass is 9.89. The van der Waals surface area contributed by atoms with E-state index in [1.165, 1.54) is 0 Å². The van der Waals surface area contributed by atoms with Crippen LogP contribution in [0, 0.1) is 0 Å². The lowest BCUT2D eigenvalue weighted by molar-refractivity contribution is -0.123. The summed E-state index contributed by atoms with van der Waals surface area (Å²) >= 11 is 0. The normalized spacial score (nSPS) is 26.3. The van der Waals surface area contributed by atoms with E-state index >= 15 is 0 Å². The fourth-order valence-corrected chi connectivity index (χ4v) is 3.15. The zero-order chi connectivity index (χ0) is 17.2. The molecule has 0 aliphatic heterocycles. The molecular formula is C17H31N3O3. The molecule has 3 N–H and O–H groups in total. The number of amides is 2. The number of rotatable bonds is 4. The topological polar surface area (TPSA) is 84.7 Å². The summed E-state index contributed by atoms with van der Waals surface area (Å²) < 4.78 is 5.60. The average molecular weight is 325 g/mol. The minimum absolute atomic E-state index is 0.00815. The second-order valence-electron chi connectivity index (χ2n) is 7.87. The van der Waals surface area contributed by atoms with Crippen LogP contribution in [0.1, 0.15) is 66.2 Å². The Morgan fingerprint density at radius 1 is 1.17 bits per heavy atom. The molecule has 0 spiro atoms. The van der Waals surface area contributed by atoms with Crippen molar-refractivity contribution < 1.29 is 14.3 Å². The number of carbonyl (C=O) groups is 2. The molecule has 0 aromatic carbocycles. The number of ether oxygens (including phenoxy) is 1. The minimum atomic E-state index is -0.534. The first kappa shape index (κ1) is 18.0. The molecule has 2 aliphatic rings. The number of nitrogens with two attached hydrogens (primary N) is 1. The first-order valence-electron chi connectivity index (χ1n) is 8.76. The van der Waals surface area contributed by atoms with E-state index in [1.807, 2.05) is 25.7 Å². The molecule has 6 heteroatoms. The second-order valence-corrected chi connectivity index (χ2v) is 7.87. The molecule has 0 radical (unpaired) electrons. The third-order valence-electron chi connectivity index (χ3n) is 4.37. The van der Waals surface area contributed by atoms with Crippen LogP contribution in [0.5, 0.6) is 0 Å². The molecule has 6 nitrogen and oxygen atoms in total. The molecule has 2 fully saturated rings. The molecule has 0 aromatic rings. The van der Waals surface area contributed by atoms with E-state index in [2.05, 4.69) is 5.32 Å². The number of nitrogens with one attached hydrogen (secondary N) is 1. The van der Waals surface area contributed by atoms with Gasteiger partial charge in [-0.05, 0) is 53.4 Å². The largest absolute Gasteiger partial charge is 0.444 e. The fraction of sp³-hybridized carbons (Fsp3) is 0.882. The maximum absolute atomic E-state index is 12.7. The van der Waals surface area contributed by atoms with Crippen molar-refractivity contribution >= 4 is 12.0 Å². The van der Waals surface area contributed by atoms with Crippen molar-refractivity contribution in [2.45, 2.75) is 96.0 Å². The van der Waals surface area contributed by atoms with Crippen LogP contribution in [0.4, 0.5) is 4.79 Å². The molecule has 2 saturated carbocycles. The van der Waals surface area contributed by atoms with Crippen molar-refractivity contribution in [2.24, 2.45) is 5.73 Å². The molecule has 2 amide bonds. The monoisotopic (exact) mass is 325 g/mol. The highest BCUT2D eigenvalue weighted by atomic mass is 16.6. The van der Waals surface area contributed by atoms with Crippen LogP contribution in [0.25, 0.3) is 0 Å². The first-order chi connectivity index (χ1) is 10.7. The molecule has 2 aliphatic carbocycles. The predicted octanol–water partition coefficient (Wildman–Crippen LogP) is 2.16. The Bertz CT molecular complexity index is 441. The lowest BCUT2D eigenvalue weighted by Crippen LogP contribution is -2.58. The van der Waals surface area contributed by atoms with Crippen LogP contribution >= 0.6 is 0 Å². The Kier molecular flexibility index (Phi) is 5.55. The average Bonchev–Trinajstić information content (AvgIpc) is 3.23. The highest BCUT2D eigenvalue weighted by Gasteiger charge is 2.43. The zero-order valence-electron chi connectivity index (χ0n) is 14.8. The predicted molar refractivity (Wildman–Crippen MR) is 88.9 cm³/mol. The summed E-state index contributed by atoms with van der Waals surface area (Å²) in [6.07, 6.45) is 5.70. The molecule has 0 saturated heterocycles. The molecule has 0 unspecified atom stereocenters. The van der Waals surface area contributed by atoms with Crippen molar-refractivity contribution in [1.82, 2.24) is 10.2 Å². The van der Waals surface area contributed by atoms with Gasteiger partial charge in [0.1, 0.15) is 5.60 Å². The molecule has 3 atom stereocenters. The van der Waals surface area contributed by atoms with Crippen LogP contribution < -0.4 is 11.1 Å². The van der Waals surface area contributed by atoms with Gasteiger partial charge in [-0.25, -0.2) is 4.79 Å². The molecule has 2 rings (SSSR count). The molecular weight excluding hydrogens is 294 g/mol. The molecule has 23 heavy (non-hydrogen) atoms. The Morgan fingerprint density at radius 3 is 2.30 bits per heavy atom. The van der Waals surface area contributed by atoms with E-state index in [9.17, 15) is 9.59 Å². The smallest absolute Gasteiger partial charge is 0.410 e. The summed E-state index contributed by atoms with van der Waals surface area (Å²) in [6, 6.07) is -0.305. The van der Waals surface area contributed by atoms with Crippen molar-refractivity contribution in [3.05, 3.63) is 0 Å². The SMILES string of the molecule is C[C@H](N)C(=O)N[C@@H]1CCCC[C@H]1N(C(=O)OC(C)(C)C)C1CC1. The van der Waals surface area contributed by atoms with Crippen LogP contribution in [0.3, 0.4) is 0 Å². The summed E-state index contributed by atoms with van der Waals surface area (Å²) in [7, 11) is 0. The van der Waals surface area contributed by atoms with E-state index in [0.29, 0.717) is 0 Å². The minimum Gasteiger partial charge on any atom is -0.444 e. The number of nitrogens with zero attached hydrogens (tertiary/aromatic N) is 1. The van der Waals surface area contributed by atoms with Crippen LogP contribution in [-0.2, 0) is 9.53 Å². The fourth-order valence-electron chi connectivity index (χ4n) is 3.15. The maximum Gasteiger partial charge on any atom is 0.410 e.